The SMILES string of the molecule is CCC(NC(C)c1ccccn1)c1ccco1. The van der Waals surface area contributed by atoms with Gasteiger partial charge in [0.05, 0.1) is 18.0 Å². The molecule has 2 rings (SSSR count). The van der Waals surface area contributed by atoms with Crippen molar-refractivity contribution in [3.63, 3.8) is 0 Å². The van der Waals surface area contributed by atoms with Crippen molar-refractivity contribution < 1.29 is 4.42 Å². The van der Waals surface area contributed by atoms with Gasteiger partial charge in [-0.3, -0.25) is 10.3 Å². The first-order valence-corrected chi connectivity index (χ1v) is 6.01. The van der Waals surface area contributed by atoms with E-state index in [4.69, 9.17) is 4.42 Å². The quantitative estimate of drug-likeness (QED) is 0.854. The molecule has 90 valence electrons. The fraction of sp³-hybridized carbons (Fsp3) is 0.357. The minimum Gasteiger partial charge on any atom is -0.468 e. The first kappa shape index (κ1) is 11.9. The van der Waals surface area contributed by atoms with Gasteiger partial charge in [-0.15, -0.1) is 0 Å². The Morgan fingerprint density at radius 2 is 2.18 bits per heavy atom. The molecular weight excluding hydrogens is 212 g/mol. The summed E-state index contributed by atoms with van der Waals surface area (Å²) in [5.74, 6) is 0.982. The first-order chi connectivity index (χ1) is 8.31. The number of aromatic nitrogens is 1. The lowest BCUT2D eigenvalue weighted by Crippen LogP contribution is -2.24. The van der Waals surface area contributed by atoms with Crippen molar-refractivity contribution in [2.45, 2.75) is 32.4 Å². The van der Waals surface area contributed by atoms with Crippen molar-refractivity contribution in [1.82, 2.24) is 10.3 Å². The van der Waals surface area contributed by atoms with Gasteiger partial charge >= 0.3 is 0 Å². The van der Waals surface area contributed by atoms with Gasteiger partial charge in [-0.25, -0.2) is 0 Å². The van der Waals surface area contributed by atoms with E-state index in [1.54, 1.807) is 6.26 Å². The number of rotatable bonds is 5. The van der Waals surface area contributed by atoms with Gasteiger partial charge < -0.3 is 4.42 Å². The van der Waals surface area contributed by atoms with E-state index in [0.717, 1.165) is 17.9 Å². The minimum absolute atomic E-state index is 0.214. The second-order valence-corrected chi connectivity index (χ2v) is 4.12. The van der Waals surface area contributed by atoms with Gasteiger partial charge in [0.2, 0.25) is 0 Å². The molecule has 0 aliphatic rings. The third kappa shape index (κ3) is 2.94. The standard InChI is InChI=1S/C14H18N2O/c1-3-12(14-8-6-10-17-14)16-11(2)13-7-4-5-9-15-13/h4-12,16H,3H2,1-2H3. The van der Waals surface area contributed by atoms with Crippen molar-refractivity contribution in [3.05, 3.63) is 54.2 Å². The molecule has 0 bridgehead atoms. The van der Waals surface area contributed by atoms with Gasteiger partial charge in [0, 0.05) is 12.2 Å². The Morgan fingerprint density at radius 3 is 2.76 bits per heavy atom. The molecule has 2 heterocycles. The highest BCUT2D eigenvalue weighted by Crippen LogP contribution is 2.21. The van der Waals surface area contributed by atoms with E-state index in [1.807, 2.05) is 36.5 Å². The third-order valence-electron chi connectivity index (χ3n) is 2.88. The highest BCUT2D eigenvalue weighted by Gasteiger charge is 2.16. The van der Waals surface area contributed by atoms with Crippen LogP contribution in [0.3, 0.4) is 0 Å². The molecule has 0 radical (unpaired) electrons. The van der Waals surface area contributed by atoms with Crippen LogP contribution in [0.1, 0.15) is 43.8 Å². The molecule has 17 heavy (non-hydrogen) atoms. The summed E-state index contributed by atoms with van der Waals surface area (Å²) in [5, 5.41) is 3.53. The molecule has 0 aliphatic heterocycles. The molecule has 3 nitrogen and oxygen atoms in total. The van der Waals surface area contributed by atoms with Gasteiger partial charge in [-0.2, -0.15) is 0 Å². The Morgan fingerprint density at radius 1 is 1.29 bits per heavy atom. The molecule has 0 fully saturated rings. The molecule has 0 aliphatic carbocycles. The average molecular weight is 230 g/mol. The topological polar surface area (TPSA) is 38.1 Å². The smallest absolute Gasteiger partial charge is 0.120 e. The van der Waals surface area contributed by atoms with Gasteiger partial charge in [0.1, 0.15) is 5.76 Å². The zero-order valence-corrected chi connectivity index (χ0v) is 10.3. The highest BCUT2D eigenvalue weighted by molar-refractivity contribution is 5.10. The zero-order valence-electron chi connectivity index (χ0n) is 10.3. The van der Waals surface area contributed by atoms with E-state index in [1.165, 1.54) is 0 Å². The molecule has 2 aromatic heterocycles. The van der Waals surface area contributed by atoms with Gasteiger partial charge in [-0.1, -0.05) is 13.0 Å². The summed E-state index contributed by atoms with van der Waals surface area (Å²) in [4.78, 5) is 4.35. The van der Waals surface area contributed by atoms with E-state index in [2.05, 4.69) is 24.1 Å². The Balaban J connectivity index is 2.05. The molecule has 2 unspecified atom stereocenters. The Hall–Kier alpha value is -1.61. The number of nitrogens with one attached hydrogen (secondary N) is 1. The molecular formula is C14H18N2O. The Kier molecular flexibility index (Phi) is 3.94. The summed E-state index contributed by atoms with van der Waals surface area (Å²) in [5.41, 5.74) is 1.05. The number of furan rings is 1. The van der Waals surface area contributed by atoms with Crippen molar-refractivity contribution in [2.24, 2.45) is 0 Å². The summed E-state index contributed by atoms with van der Waals surface area (Å²) in [6, 6.07) is 10.4. The van der Waals surface area contributed by atoms with E-state index < -0.39 is 0 Å². The second-order valence-electron chi connectivity index (χ2n) is 4.12. The fourth-order valence-corrected chi connectivity index (χ4v) is 1.91. The maximum Gasteiger partial charge on any atom is 0.120 e. The monoisotopic (exact) mass is 230 g/mol. The van der Waals surface area contributed by atoms with Crippen LogP contribution in [0, 0.1) is 0 Å². The van der Waals surface area contributed by atoms with Crippen LogP contribution in [0.5, 0.6) is 0 Å². The zero-order chi connectivity index (χ0) is 12.1. The van der Waals surface area contributed by atoms with Crippen molar-refractivity contribution in [2.75, 3.05) is 0 Å². The van der Waals surface area contributed by atoms with Gasteiger partial charge in [-0.05, 0) is 37.6 Å². The largest absolute Gasteiger partial charge is 0.468 e. The van der Waals surface area contributed by atoms with Crippen molar-refractivity contribution in [3.8, 4) is 0 Å². The maximum atomic E-state index is 5.44. The molecule has 0 amide bonds. The minimum atomic E-state index is 0.214. The lowest BCUT2D eigenvalue weighted by molar-refractivity contribution is 0.374. The molecule has 0 saturated carbocycles. The second kappa shape index (κ2) is 5.64. The van der Waals surface area contributed by atoms with Crippen molar-refractivity contribution in [1.29, 1.82) is 0 Å². The molecule has 3 heteroatoms. The van der Waals surface area contributed by atoms with Crippen LogP contribution in [0.25, 0.3) is 0 Å². The molecule has 0 saturated heterocycles. The predicted octanol–water partition coefficient (Wildman–Crippen LogP) is 3.48. The number of pyridine rings is 1. The predicted molar refractivity (Wildman–Crippen MR) is 67.5 cm³/mol. The van der Waals surface area contributed by atoms with E-state index in [0.29, 0.717) is 0 Å². The third-order valence-corrected chi connectivity index (χ3v) is 2.88. The number of nitrogens with zero attached hydrogens (tertiary/aromatic N) is 1. The van der Waals surface area contributed by atoms with Crippen LogP contribution in [-0.2, 0) is 0 Å². The van der Waals surface area contributed by atoms with Crippen LogP contribution >= 0.6 is 0 Å². The van der Waals surface area contributed by atoms with Crippen LogP contribution in [0.15, 0.2) is 47.2 Å². The normalized spacial score (nSPS) is 14.5. The summed E-state index contributed by atoms with van der Waals surface area (Å²) >= 11 is 0. The summed E-state index contributed by atoms with van der Waals surface area (Å²) in [6.45, 7) is 4.26. The van der Waals surface area contributed by atoms with E-state index >= 15 is 0 Å². The first-order valence-electron chi connectivity index (χ1n) is 6.01. The van der Waals surface area contributed by atoms with Crippen LogP contribution in [0.2, 0.25) is 0 Å². The molecule has 2 aromatic rings. The van der Waals surface area contributed by atoms with E-state index in [-0.39, 0.29) is 12.1 Å². The van der Waals surface area contributed by atoms with Gasteiger partial charge in [0.25, 0.3) is 0 Å². The maximum absolute atomic E-state index is 5.44. The average Bonchev–Trinajstić information content (AvgIpc) is 2.90. The Labute approximate surface area is 102 Å². The molecule has 0 aromatic carbocycles. The van der Waals surface area contributed by atoms with Crippen LogP contribution in [0.4, 0.5) is 0 Å². The highest BCUT2D eigenvalue weighted by atomic mass is 16.3. The molecule has 2 atom stereocenters. The lowest BCUT2D eigenvalue weighted by atomic mass is 10.1. The summed E-state index contributed by atoms with van der Waals surface area (Å²) in [6.07, 6.45) is 4.52. The van der Waals surface area contributed by atoms with Crippen LogP contribution in [-0.4, -0.2) is 4.98 Å². The summed E-state index contributed by atoms with van der Waals surface area (Å²) < 4.78 is 5.44. The van der Waals surface area contributed by atoms with E-state index in [9.17, 15) is 0 Å². The molecule has 0 spiro atoms. The van der Waals surface area contributed by atoms with Crippen molar-refractivity contribution >= 4 is 0 Å². The lowest BCUT2D eigenvalue weighted by Gasteiger charge is -2.20. The van der Waals surface area contributed by atoms with Crippen LogP contribution < -0.4 is 5.32 Å². The van der Waals surface area contributed by atoms with Gasteiger partial charge in [0.15, 0.2) is 0 Å². The number of hydrogen-bond acceptors (Lipinski definition) is 3. The fourth-order valence-electron chi connectivity index (χ4n) is 1.91. The number of hydrogen-bond donors (Lipinski definition) is 1. The Bertz CT molecular complexity index is 425. The summed E-state index contributed by atoms with van der Waals surface area (Å²) in [7, 11) is 0. The molecule has 1 N–H and O–H groups in total.